The summed E-state index contributed by atoms with van der Waals surface area (Å²) < 4.78 is 0. The SMILES string of the molecule is CNCc1ccc(N(CCO)C2CCC2)c(C#N)c1. The molecule has 0 spiro atoms. The van der Waals surface area contributed by atoms with Gasteiger partial charge in [-0.05, 0) is 44.0 Å². The van der Waals surface area contributed by atoms with Crippen molar-refractivity contribution in [1.29, 1.82) is 5.26 Å². The van der Waals surface area contributed by atoms with Crippen LogP contribution in [0.15, 0.2) is 18.2 Å². The Morgan fingerprint density at radius 2 is 2.26 bits per heavy atom. The maximum Gasteiger partial charge on any atom is 0.101 e. The summed E-state index contributed by atoms with van der Waals surface area (Å²) in [5.74, 6) is 0. The third-order valence-corrected chi connectivity index (χ3v) is 3.73. The second kappa shape index (κ2) is 6.55. The molecule has 4 heteroatoms. The van der Waals surface area contributed by atoms with Gasteiger partial charge in [-0.15, -0.1) is 0 Å². The van der Waals surface area contributed by atoms with E-state index in [4.69, 9.17) is 0 Å². The van der Waals surface area contributed by atoms with Crippen molar-refractivity contribution < 1.29 is 5.11 Å². The van der Waals surface area contributed by atoms with E-state index in [9.17, 15) is 10.4 Å². The van der Waals surface area contributed by atoms with Crippen LogP contribution in [0, 0.1) is 11.3 Å². The van der Waals surface area contributed by atoms with Crippen LogP contribution in [0.3, 0.4) is 0 Å². The highest BCUT2D eigenvalue weighted by molar-refractivity contribution is 5.61. The summed E-state index contributed by atoms with van der Waals surface area (Å²) in [6.45, 7) is 1.49. The summed E-state index contributed by atoms with van der Waals surface area (Å²) in [5, 5.41) is 21.7. The molecule has 0 atom stereocenters. The Morgan fingerprint density at radius 1 is 1.47 bits per heavy atom. The number of nitrogens with zero attached hydrogens (tertiary/aromatic N) is 2. The van der Waals surface area contributed by atoms with Gasteiger partial charge in [0.1, 0.15) is 6.07 Å². The van der Waals surface area contributed by atoms with Gasteiger partial charge < -0.3 is 15.3 Å². The molecule has 0 bridgehead atoms. The number of benzene rings is 1. The van der Waals surface area contributed by atoms with E-state index < -0.39 is 0 Å². The van der Waals surface area contributed by atoms with Gasteiger partial charge in [-0.2, -0.15) is 5.26 Å². The molecule has 1 aliphatic carbocycles. The van der Waals surface area contributed by atoms with Crippen LogP contribution in [0.1, 0.15) is 30.4 Å². The number of anilines is 1. The standard InChI is InChI=1S/C15H21N3O/c1-17-11-12-5-6-15(13(9-12)10-16)18(7-8-19)14-3-2-4-14/h5-6,9,14,17,19H,2-4,7-8,11H2,1H3. The van der Waals surface area contributed by atoms with Crippen LogP contribution in [0.25, 0.3) is 0 Å². The Kier molecular flexibility index (Phi) is 4.78. The Labute approximate surface area is 114 Å². The summed E-state index contributed by atoms with van der Waals surface area (Å²) in [6, 6.07) is 8.77. The van der Waals surface area contributed by atoms with E-state index >= 15 is 0 Å². The number of nitriles is 1. The van der Waals surface area contributed by atoms with Gasteiger partial charge in [0, 0.05) is 19.1 Å². The third-order valence-electron chi connectivity index (χ3n) is 3.73. The molecule has 1 fully saturated rings. The molecule has 1 saturated carbocycles. The normalized spacial score (nSPS) is 14.8. The Bertz CT molecular complexity index is 463. The molecular formula is C15H21N3O. The fourth-order valence-corrected chi connectivity index (χ4v) is 2.54. The van der Waals surface area contributed by atoms with E-state index in [1.54, 1.807) is 0 Å². The molecule has 0 unspecified atom stereocenters. The van der Waals surface area contributed by atoms with E-state index in [-0.39, 0.29) is 6.61 Å². The van der Waals surface area contributed by atoms with E-state index in [2.05, 4.69) is 22.4 Å². The minimum Gasteiger partial charge on any atom is -0.395 e. The molecule has 0 radical (unpaired) electrons. The lowest BCUT2D eigenvalue weighted by Crippen LogP contribution is -2.42. The topological polar surface area (TPSA) is 59.3 Å². The second-order valence-electron chi connectivity index (χ2n) is 5.00. The second-order valence-corrected chi connectivity index (χ2v) is 5.00. The Hall–Kier alpha value is -1.57. The molecule has 2 rings (SSSR count). The lowest BCUT2D eigenvalue weighted by atomic mass is 9.90. The van der Waals surface area contributed by atoms with Crippen molar-refractivity contribution in [2.75, 3.05) is 25.1 Å². The molecular weight excluding hydrogens is 238 g/mol. The maximum atomic E-state index is 9.34. The van der Waals surface area contributed by atoms with Crippen LogP contribution in [-0.4, -0.2) is 31.3 Å². The summed E-state index contributed by atoms with van der Waals surface area (Å²) in [5.41, 5.74) is 2.77. The van der Waals surface area contributed by atoms with Crippen molar-refractivity contribution in [2.45, 2.75) is 31.8 Å². The average molecular weight is 259 g/mol. The number of hydrogen-bond acceptors (Lipinski definition) is 4. The highest BCUT2D eigenvalue weighted by Gasteiger charge is 2.26. The molecule has 1 aromatic rings. The van der Waals surface area contributed by atoms with Crippen LogP contribution < -0.4 is 10.2 Å². The molecule has 1 aromatic carbocycles. The molecule has 19 heavy (non-hydrogen) atoms. The van der Waals surface area contributed by atoms with Gasteiger partial charge in [0.25, 0.3) is 0 Å². The van der Waals surface area contributed by atoms with E-state index in [1.807, 2.05) is 19.2 Å². The largest absolute Gasteiger partial charge is 0.395 e. The summed E-state index contributed by atoms with van der Waals surface area (Å²) in [4.78, 5) is 2.19. The number of aliphatic hydroxyl groups excluding tert-OH is 1. The van der Waals surface area contributed by atoms with Crippen molar-refractivity contribution in [2.24, 2.45) is 0 Å². The first-order chi connectivity index (χ1) is 9.30. The predicted octanol–water partition coefficient (Wildman–Crippen LogP) is 1.63. The fourth-order valence-electron chi connectivity index (χ4n) is 2.54. The highest BCUT2D eigenvalue weighted by atomic mass is 16.3. The summed E-state index contributed by atoms with van der Waals surface area (Å²) >= 11 is 0. The van der Waals surface area contributed by atoms with Gasteiger partial charge in [-0.25, -0.2) is 0 Å². The first kappa shape index (κ1) is 13.9. The Morgan fingerprint density at radius 3 is 2.79 bits per heavy atom. The molecule has 0 aliphatic heterocycles. The molecule has 0 saturated heterocycles. The zero-order valence-corrected chi connectivity index (χ0v) is 11.4. The number of aliphatic hydroxyl groups is 1. The molecule has 102 valence electrons. The van der Waals surface area contributed by atoms with Crippen LogP contribution >= 0.6 is 0 Å². The number of nitrogens with one attached hydrogen (secondary N) is 1. The molecule has 0 heterocycles. The fraction of sp³-hybridized carbons (Fsp3) is 0.533. The Balaban J connectivity index is 2.27. The zero-order chi connectivity index (χ0) is 13.7. The minimum absolute atomic E-state index is 0.125. The van der Waals surface area contributed by atoms with Crippen molar-refractivity contribution in [3.63, 3.8) is 0 Å². The van der Waals surface area contributed by atoms with E-state index in [1.165, 1.54) is 6.42 Å². The van der Waals surface area contributed by atoms with Gasteiger partial charge >= 0.3 is 0 Å². The lowest BCUT2D eigenvalue weighted by Gasteiger charge is -2.39. The smallest absolute Gasteiger partial charge is 0.101 e. The van der Waals surface area contributed by atoms with Crippen LogP contribution in [0.4, 0.5) is 5.69 Å². The molecule has 4 nitrogen and oxygen atoms in total. The molecule has 0 amide bonds. The van der Waals surface area contributed by atoms with E-state index in [0.29, 0.717) is 18.2 Å². The molecule has 0 aromatic heterocycles. The number of hydrogen-bond donors (Lipinski definition) is 2. The van der Waals surface area contributed by atoms with Crippen LogP contribution in [-0.2, 0) is 6.54 Å². The first-order valence-corrected chi connectivity index (χ1v) is 6.85. The van der Waals surface area contributed by atoms with Crippen molar-refractivity contribution in [3.8, 4) is 6.07 Å². The summed E-state index contributed by atoms with van der Waals surface area (Å²) in [6.07, 6.45) is 3.55. The van der Waals surface area contributed by atoms with Crippen LogP contribution in [0.2, 0.25) is 0 Å². The van der Waals surface area contributed by atoms with Gasteiger partial charge in [-0.3, -0.25) is 0 Å². The lowest BCUT2D eigenvalue weighted by molar-refractivity contribution is 0.283. The third kappa shape index (κ3) is 3.06. The quantitative estimate of drug-likeness (QED) is 0.815. The van der Waals surface area contributed by atoms with Crippen molar-refractivity contribution in [1.82, 2.24) is 5.32 Å². The van der Waals surface area contributed by atoms with E-state index in [0.717, 1.165) is 30.6 Å². The average Bonchev–Trinajstić information content (AvgIpc) is 2.36. The van der Waals surface area contributed by atoms with Crippen molar-refractivity contribution in [3.05, 3.63) is 29.3 Å². The van der Waals surface area contributed by atoms with Gasteiger partial charge in [0.2, 0.25) is 0 Å². The number of rotatable bonds is 6. The van der Waals surface area contributed by atoms with Gasteiger partial charge in [0.15, 0.2) is 0 Å². The predicted molar refractivity (Wildman–Crippen MR) is 76.0 cm³/mol. The first-order valence-electron chi connectivity index (χ1n) is 6.85. The molecule has 2 N–H and O–H groups in total. The van der Waals surface area contributed by atoms with Crippen molar-refractivity contribution >= 4 is 5.69 Å². The maximum absolute atomic E-state index is 9.34. The zero-order valence-electron chi connectivity index (χ0n) is 11.4. The van der Waals surface area contributed by atoms with Gasteiger partial charge in [-0.1, -0.05) is 6.07 Å². The monoisotopic (exact) mass is 259 g/mol. The van der Waals surface area contributed by atoms with Gasteiger partial charge in [0.05, 0.1) is 17.9 Å². The minimum atomic E-state index is 0.125. The highest BCUT2D eigenvalue weighted by Crippen LogP contribution is 2.31. The van der Waals surface area contributed by atoms with Crippen LogP contribution in [0.5, 0.6) is 0 Å². The summed E-state index contributed by atoms with van der Waals surface area (Å²) in [7, 11) is 1.90. The molecule has 1 aliphatic rings.